The van der Waals surface area contributed by atoms with Crippen LogP contribution in [0.1, 0.15) is 16.7 Å². The van der Waals surface area contributed by atoms with Crippen molar-refractivity contribution in [3.63, 3.8) is 0 Å². The molecule has 0 aromatic heterocycles. The second-order valence-corrected chi connectivity index (χ2v) is 8.17. The van der Waals surface area contributed by atoms with Gasteiger partial charge in [0.25, 0.3) is 5.91 Å². The molecular formula is C19H16BrNO3S2. The number of hydrogen-bond donors (Lipinski definition) is 1. The summed E-state index contributed by atoms with van der Waals surface area (Å²) in [6.45, 7) is 2.49. The molecule has 7 heteroatoms. The summed E-state index contributed by atoms with van der Waals surface area (Å²) < 4.78 is 12.7. The summed E-state index contributed by atoms with van der Waals surface area (Å²) >= 11 is 9.80. The number of rotatable bonds is 5. The number of hydrogen-bond acceptors (Lipinski definition) is 5. The molecule has 0 bridgehead atoms. The molecular weight excluding hydrogens is 434 g/mol. The van der Waals surface area contributed by atoms with Crippen LogP contribution >= 0.6 is 39.9 Å². The lowest BCUT2D eigenvalue weighted by Gasteiger charge is -2.14. The minimum absolute atomic E-state index is 0.185. The predicted octanol–water partition coefficient (Wildman–Crippen LogP) is 4.83. The molecule has 4 nitrogen and oxygen atoms in total. The number of thioether (sulfide) groups is 1. The lowest BCUT2D eigenvalue weighted by molar-refractivity contribution is -0.115. The molecule has 1 saturated heterocycles. The summed E-state index contributed by atoms with van der Waals surface area (Å²) in [5.74, 6) is 1.03. The van der Waals surface area contributed by atoms with Gasteiger partial charge < -0.3 is 14.8 Å². The Morgan fingerprint density at radius 3 is 2.73 bits per heavy atom. The van der Waals surface area contributed by atoms with Crippen LogP contribution in [-0.2, 0) is 11.4 Å². The number of nitrogens with one attached hydrogen (secondary N) is 1. The van der Waals surface area contributed by atoms with Crippen molar-refractivity contribution in [2.45, 2.75) is 13.5 Å². The molecule has 0 spiro atoms. The predicted molar refractivity (Wildman–Crippen MR) is 113 cm³/mol. The van der Waals surface area contributed by atoms with E-state index in [1.165, 1.54) is 17.3 Å². The average Bonchev–Trinajstić information content (AvgIpc) is 2.92. The molecule has 1 amide bonds. The van der Waals surface area contributed by atoms with Crippen LogP contribution in [0.4, 0.5) is 0 Å². The van der Waals surface area contributed by atoms with Gasteiger partial charge in [-0.25, -0.2) is 0 Å². The van der Waals surface area contributed by atoms with E-state index in [0.29, 0.717) is 27.3 Å². The van der Waals surface area contributed by atoms with Crippen LogP contribution < -0.4 is 14.8 Å². The smallest absolute Gasteiger partial charge is 0.263 e. The van der Waals surface area contributed by atoms with Crippen LogP contribution in [0, 0.1) is 6.92 Å². The Morgan fingerprint density at radius 1 is 1.31 bits per heavy atom. The number of carbonyl (C=O) groups is 1. The number of thiocarbonyl (C=S) groups is 1. The highest BCUT2D eigenvalue weighted by Crippen LogP contribution is 2.38. The third-order valence-electron chi connectivity index (χ3n) is 3.82. The van der Waals surface area contributed by atoms with Crippen LogP contribution in [0.25, 0.3) is 6.08 Å². The minimum atomic E-state index is -0.185. The fraction of sp³-hybridized carbons (Fsp3) is 0.158. The normalized spacial score (nSPS) is 15.3. The van der Waals surface area contributed by atoms with Gasteiger partial charge in [-0.15, -0.1) is 0 Å². The first-order valence-corrected chi connectivity index (χ1v) is 9.79. The van der Waals surface area contributed by atoms with E-state index in [0.717, 1.165) is 15.6 Å². The topological polar surface area (TPSA) is 47.6 Å². The lowest BCUT2D eigenvalue weighted by Crippen LogP contribution is -2.17. The summed E-state index contributed by atoms with van der Waals surface area (Å²) in [5.41, 5.74) is 3.10. The molecule has 0 unspecified atom stereocenters. The van der Waals surface area contributed by atoms with E-state index in [9.17, 15) is 4.79 Å². The summed E-state index contributed by atoms with van der Waals surface area (Å²) in [6, 6.07) is 11.8. The molecule has 134 valence electrons. The number of carbonyl (C=O) groups excluding carboxylic acids is 1. The fourth-order valence-electron chi connectivity index (χ4n) is 2.46. The van der Waals surface area contributed by atoms with Crippen LogP contribution in [-0.4, -0.2) is 17.3 Å². The van der Waals surface area contributed by atoms with E-state index in [1.54, 1.807) is 13.2 Å². The zero-order valence-electron chi connectivity index (χ0n) is 14.2. The van der Waals surface area contributed by atoms with Crippen LogP contribution in [0.2, 0.25) is 0 Å². The third kappa shape index (κ3) is 4.28. The molecule has 0 saturated carbocycles. The molecule has 1 aliphatic rings. The van der Waals surface area contributed by atoms with Gasteiger partial charge in [0.15, 0.2) is 11.5 Å². The molecule has 1 aliphatic heterocycles. The second kappa shape index (κ2) is 8.24. The van der Waals surface area contributed by atoms with E-state index in [1.807, 2.05) is 30.3 Å². The van der Waals surface area contributed by atoms with Gasteiger partial charge in [0.1, 0.15) is 10.9 Å². The molecule has 1 N–H and O–H groups in total. The zero-order chi connectivity index (χ0) is 18.7. The van der Waals surface area contributed by atoms with Crippen LogP contribution in [0.15, 0.2) is 45.8 Å². The summed E-state index contributed by atoms with van der Waals surface area (Å²) in [7, 11) is 1.59. The van der Waals surface area contributed by atoms with Crippen molar-refractivity contribution in [3.8, 4) is 11.5 Å². The molecule has 3 rings (SSSR count). The lowest BCUT2D eigenvalue weighted by atomic mass is 10.1. The van der Waals surface area contributed by atoms with Crippen molar-refractivity contribution in [3.05, 3.63) is 62.5 Å². The van der Waals surface area contributed by atoms with Crippen molar-refractivity contribution in [1.82, 2.24) is 5.32 Å². The number of aryl methyl sites for hydroxylation is 1. The maximum Gasteiger partial charge on any atom is 0.263 e. The van der Waals surface area contributed by atoms with Crippen LogP contribution in [0.5, 0.6) is 11.5 Å². The highest BCUT2D eigenvalue weighted by atomic mass is 79.9. The van der Waals surface area contributed by atoms with Gasteiger partial charge in [-0.2, -0.15) is 0 Å². The number of ether oxygens (including phenoxy) is 2. The summed E-state index contributed by atoms with van der Waals surface area (Å²) in [6.07, 6.45) is 1.78. The number of amides is 1. The molecule has 0 radical (unpaired) electrons. The van der Waals surface area contributed by atoms with Gasteiger partial charge >= 0.3 is 0 Å². The first-order valence-electron chi connectivity index (χ1n) is 7.77. The van der Waals surface area contributed by atoms with Crippen molar-refractivity contribution >= 4 is 56.2 Å². The quantitative estimate of drug-likeness (QED) is 0.522. The third-order valence-corrected chi connectivity index (χ3v) is 5.58. The first kappa shape index (κ1) is 18.9. The van der Waals surface area contributed by atoms with Gasteiger partial charge in [-0.1, -0.05) is 48.2 Å². The molecule has 1 fully saturated rings. The first-order chi connectivity index (χ1) is 12.5. The SMILES string of the molecule is COc1cc(C=C2SC(=S)NC2=O)cc(Br)c1OCc1ccccc1C. The summed E-state index contributed by atoms with van der Waals surface area (Å²) in [4.78, 5) is 12.4. The van der Waals surface area contributed by atoms with E-state index >= 15 is 0 Å². The average molecular weight is 450 g/mol. The number of halogens is 1. The largest absolute Gasteiger partial charge is 0.493 e. The highest BCUT2D eigenvalue weighted by molar-refractivity contribution is 9.10. The second-order valence-electron chi connectivity index (χ2n) is 5.60. The van der Waals surface area contributed by atoms with Crippen molar-refractivity contribution < 1.29 is 14.3 Å². The molecule has 0 aliphatic carbocycles. The van der Waals surface area contributed by atoms with E-state index in [2.05, 4.69) is 34.2 Å². The van der Waals surface area contributed by atoms with Crippen molar-refractivity contribution in [2.24, 2.45) is 0 Å². The van der Waals surface area contributed by atoms with Crippen LogP contribution in [0.3, 0.4) is 0 Å². The van der Waals surface area contributed by atoms with Crippen molar-refractivity contribution in [2.75, 3.05) is 7.11 Å². The minimum Gasteiger partial charge on any atom is -0.493 e. The van der Waals surface area contributed by atoms with Gasteiger partial charge in [0.05, 0.1) is 16.5 Å². The fourth-order valence-corrected chi connectivity index (χ4v) is 4.08. The Kier molecular flexibility index (Phi) is 6.01. The van der Waals surface area contributed by atoms with Gasteiger partial charge in [0.2, 0.25) is 0 Å². The Morgan fingerprint density at radius 2 is 2.08 bits per heavy atom. The number of methoxy groups -OCH3 is 1. The Balaban J connectivity index is 1.86. The van der Waals surface area contributed by atoms with Gasteiger partial charge in [-0.05, 0) is 57.8 Å². The molecule has 1 heterocycles. The molecule has 26 heavy (non-hydrogen) atoms. The maximum absolute atomic E-state index is 11.8. The Labute approximate surface area is 170 Å². The monoisotopic (exact) mass is 449 g/mol. The maximum atomic E-state index is 11.8. The van der Waals surface area contributed by atoms with E-state index in [4.69, 9.17) is 21.7 Å². The number of benzene rings is 2. The highest BCUT2D eigenvalue weighted by Gasteiger charge is 2.22. The standard InChI is InChI=1S/C19H16BrNO3S2/c1-11-5-3-4-6-13(11)10-24-17-14(20)7-12(8-15(17)23-2)9-16-18(22)21-19(25)26-16/h3-9H,10H2,1-2H3,(H,21,22,25). The Hall–Kier alpha value is -1.83. The summed E-state index contributed by atoms with van der Waals surface area (Å²) in [5, 5.41) is 2.60. The van der Waals surface area contributed by atoms with E-state index in [-0.39, 0.29) is 5.91 Å². The zero-order valence-corrected chi connectivity index (χ0v) is 17.4. The van der Waals surface area contributed by atoms with Gasteiger partial charge in [-0.3, -0.25) is 4.79 Å². The van der Waals surface area contributed by atoms with Gasteiger partial charge in [0, 0.05) is 0 Å². The molecule has 2 aromatic rings. The van der Waals surface area contributed by atoms with Crippen molar-refractivity contribution in [1.29, 1.82) is 0 Å². The molecule has 2 aromatic carbocycles. The van der Waals surface area contributed by atoms with E-state index < -0.39 is 0 Å². The molecule has 0 atom stereocenters. The Bertz CT molecular complexity index is 912.